The molecule has 1 saturated heterocycles. The molecule has 1 unspecified atom stereocenters. The van der Waals surface area contributed by atoms with Crippen LogP contribution in [0.1, 0.15) is 40.0 Å². The lowest BCUT2D eigenvalue weighted by molar-refractivity contribution is -0.136. The molecule has 5 amide bonds. The molecule has 1 atom stereocenters. The molecule has 0 aliphatic carbocycles. The Bertz CT molecular complexity index is 920. The number of carbonyl (C=O) groups is 5. The van der Waals surface area contributed by atoms with Gasteiger partial charge in [0.15, 0.2) is 0 Å². The molecule has 0 radical (unpaired) electrons. The van der Waals surface area contributed by atoms with Gasteiger partial charge < -0.3 is 5.32 Å². The fourth-order valence-electron chi connectivity index (χ4n) is 2.97. The van der Waals surface area contributed by atoms with Crippen molar-refractivity contribution >= 4 is 35.2 Å². The van der Waals surface area contributed by atoms with Crippen LogP contribution in [-0.2, 0) is 14.4 Å². The van der Waals surface area contributed by atoms with Crippen LogP contribution in [0.25, 0.3) is 10.4 Å². The molecule has 1 fully saturated rings. The number of benzene rings is 1. The van der Waals surface area contributed by atoms with Crippen LogP contribution < -0.4 is 10.6 Å². The van der Waals surface area contributed by atoms with Crippen LogP contribution in [0.5, 0.6) is 0 Å². The zero-order valence-corrected chi connectivity index (χ0v) is 14.0. The van der Waals surface area contributed by atoms with Crippen molar-refractivity contribution in [3.8, 4) is 0 Å². The molecule has 0 spiro atoms. The maximum Gasteiger partial charge on any atom is 0.262 e. The Morgan fingerprint density at radius 3 is 2.70 bits per heavy atom. The number of nitrogens with zero attached hydrogens (tertiary/aromatic N) is 4. The number of nitrogens with one attached hydrogen (secondary N) is 2. The number of piperidine rings is 1. The molecule has 2 N–H and O–H groups in total. The minimum absolute atomic E-state index is 0.00597. The normalized spacial score (nSPS) is 18.7. The fraction of sp³-hybridized carbons (Fsp3) is 0.312. The maximum atomic E-state index is 12.7. The summed E-state index contributed by atoms with van der Waals surface area (Å²) in [6.07, 6.45) is 0.0753. The SMILES string of the molecule is [N-]=[N+]=NCCC(=O)Nc1ccc2c(c1)C(=O)N(C1CCC(=O)NC1=O)C2=O. The van der Waals surface area contributed by atoms with Crippen LogP contribution in [-0.4, -0.2) is 47.0 Å². The average Bonchev–Trinajstić information content (AvgIpc) is 2.86. The summed E-state index contributed by atoms with van der Waals surface area (Å²) in [5, 5.41) is 7.93. The van der Waals surface area contributed by atoms with Crippen molar-refractivity contribution in [2.45, 2.75) is 25.3 Å². The monoisotopic (exact) mass is 370 g/mol. The summed E-state index contributed by atoms with van der Waals surface area (Å²) >= 11 is 0. The second-order valence-corrected chi connectivity index (χ2v) is 5.96. The number of fused-ring (bicyclic) bond motifs is 1. The van der Waals surface area contributed by atoms with Crippen LogP contribution in [0.4, 0.5) is 5.69 Å². The van der Waals surface area contributed by atoms with Crippen LogP contribution in [0.2, 0.25) is 0 Å². The van der Waals surface area contributed by atoms with Gasteiger partial charge in [0, 0.05) is 30.0 Å². The average molecular weight is 370 g/mol. The molecule has 0 saturated carbocycles. The van der Waals surface area contributed by atoms with E-state index in [0.29, 0.717) is 5.69 Å². The van der Waals surface area contributed by atoms with Gasteiger partial charge in [-0.1, -0.05) is 5.11 Å². The van der Waals surface area contributed by atoms with Crippen molar-refractivity contribution in [1.29, 1.82) is 0 Å². The lowest BCUT2D eigenvalue weighted by Crippen LogP contribution is -2.54. The number of hydrogen-bond acceptors (Lipinski definition) is 6. The number of imide groups is 2. The lowest BCUT2D eigenvalue weighted by Gasteiger charge is -2.27. The lowest BCUT2D eigenvalue weighted by atomic mass is 10.0. The number of anilines is 1. The molecule has 2 aliphatic heterocycles. The van der Waals surface area contributed by atoms with E-state index in [2.05, 4.69) is 20.7 Å². The molecule has 2 heterocycles. The second kappa shape index (κ2) is 7.26. The molecule has 138 valence electrons. The third-order valence-corrected chi connectivity index (χ3v) is 4.23. The highest BCUT2D eigenvalue weighted by molar-refractivity contribution is 6.23. The third kappa shape index (κ3) is 3.48. The van der Waals surface area contributed by atoms with Gasteiger partial charge in [0.2, 0.25) is 17.7 Å². The standard InChI is InChI=1S/C16H14N6O5/c17-21-18-6-5-13(24)19-8-1-2-9-10(7-8)16(27)22(15(9)26)11-3-4-12(23)20-14(11)25/h1-2,7,11H,3-6H2,(H,19,24)(H,20,23,25). The maximum absolute atomic E-state index is 12.7. The van der Waals surface area contributed by atoms with Crippen molar-refractivity contribution < 1.29 is 24.0 Å². The number of hydrogen-bond donors (Lipinski definition) is 2. The van der Waals surface area contributed by atoms with Gasteiger partial charge >= 0.3 is 0 Å². The van der Waals surface area contributed by atoms with E-state index in [1.165, 1.54) is 18.2 Å². The molecule has 11 heteroatoms. The first-order valence-electron chi connectivity index (χ1n) is 8.08. The molecule has 1 aromatic rings. The third-order valence-electron chi connectivity index (χ3n) is 4.23. The van der Waals surface area contributed by atoms with Crippen LogP contribution in [0.15, 0.2) is 23.3 Å². The van der Waals surface area contributed by atoms with Gasteiger partial charge in [0.25, 0.3) is 11.8 Å². The summed E-state index contributed by atoms with van der Waals surface area (Å²) in [7, 11) is 0. The van der Waals surface area contributed by atoms with Crippen molar-refractivity contribution in [1.82, 2.24) is 10.2 Å². The zero-order chi connectivity index (χ0) is 19.6. The zero-order valence-electron chi connectivity index (χ0n) is 14.0. The van der Waals surface area contributed by atoms with E-state index in [1.54, 1.807) is 0 Å². The van der Waals surface area contributed by atoms with Gasteiger partial charge in [-0.15, -0.1) is 0 Å². The van der Waals surface area contributed by atoms with E-state index < -0.39 is 35.6 Å². The van der Waals surface area contributed by atoms with E-state index in [4.69, 9.17) is 5.53 Å². The predicted octanol–water partition coefficient (Wildman–Crippen LogP) is 0.727. The molecule has 0 bridgehead atoms. The highest BCUT2D eigenvalue weighted by Crippen LogP contribution is 2.29. The molecule has 11 nitrogen and oxygen atoms in total. The Hall–Kier alpha value is -3.72. The highest BCUT2D eigenvalue weighted by atomic mass is 16.2. The Kier molecular flexibility index (Phi) is 4.86. The Balaban J connectivity index is 1.78. The Labute approximate surface area is 152 Å². The quantitative estimate of drug-likeness (QED) is 0.337. The first-order chi connectivity index (χ1) is 12.9. The molecular weight excluding hydrogens is 356 g/mol. The van der Waals surface area contributed by atoms with Gasteiger partial charge in [0.05, 0.1) is 11.1 Å². The van der Waals surface area contributed by atoms with Crippen molar-refractivity contribution in [3.05, 3.63) is 39.8 Å². The van der Waals surface area contributed by atoms with E-state index in [1.807, 2.05) is 0 Å². The van der Waals surface area contributed by atoms with Gasteiger partial charge in [-0.3, -0.25) is 34.2 Å². The molecule has 0 aromatic heterocycles. The number of rotatable bonds is 5. The van der Waals surface area contributed by atoms with E-state index in [9.17, 15) is 24.0 Å². The summed E-state index contributed by atoms with van der Waals surface area (Å²) in [4.78, 5) is 63.6. The van der Waals surface area contributed by atoms with Crippen LogP contribution in [0.3, 0.4) is 0 Å². The smallest absolute Gasteiger partial charge is 0.262 e. The van der Waals surface area contributed by atoms with E-state index in [-0.39, 0.29) is 36.9 Å². The number of azide groups is 1. The van der Waals surface area contributed by atoms with E-state index >= 15 is 0 Å². The minimum atomic E-state index is -1.04. The van der Waals surface area contributed by atoms with Gasteiger partial charge in [-0.25, -0.2) is 0 Å². The number of carbonyl (C=O) groups excluding carboxylic acids is 5. The largest absolute Gasteiger partial charge is 0.326 e. The van der Waals surface area contributed by atoms with Crippen molar-refractivity contribution in [2.24, 2.45) is 5.11 Å². The first-order valence-corrected chi connectivity index (χ1v) is 8.08. The van der Waals surface area contributed by atoms with Crippen molar-refractivity contribution in [2.75, 3.05) is 11.9 Å². The Morgan fingerprint density at radius 1 is 1.26 bits per heavy atom. The minimum Gasteiger partial charge on any atom is -0.326 e. The van der Waals surface area contributed by atoms with Gasteiger partial charge in [0.1, 0.15) is 6.04 Å². The molecule has 1 aromatic carbocycles. The molecule has 2 aliphatic rings. The van der Waals surface area contributed by atoms with Crippen molar-refractivity contribution in [3.63, 3.8) is 0 Å². The summed E-state index contributed by atoms with van der Waals surface area (Å²) < 4.78 is 0. The molecule has 27 heavy (non-hydrogen) atoms. The van der Waals surface area contributed by atoms with Gasteiger partial charge in [-0.2, -0.15) is 0 Å². The Morgan fingerprint density at radius 2 is 2.00 bits per heavy atom. The summed E-state index contributed by atoms with van der Waals surface area (Å²) in [5.41, 5.74) is 8.69. The second-order valence-electron chi connectivity index (χ2n) is 5.96. The summed E-state index contributed by atoms with van der Waals surface area (Å²) in [6, 6.07) is 3.16. The topological polar surface area (TPSA) is 161 Å². The predicted molar refractivity (Wildman–Crippen MR) is 90.4 cm³/mol. The summed E-state index contributed by atoms with van der Waals surface area (Å²) in [5.74, 6) is -2.83. The summed E-state index contributed by atoms with van der Waals surface area (Å²) in [6.45, 7) is -0.00597. The van der Waals surface area contributed by atoms with E-state index in [0.717, 1.165) is 4.90 Å². The first kappa shape index (κ1) is 18.1. The number of amides is 5. The molecule has 3 rings (SSSR count). The molecular formula is C16H14N6O5. The van der Waals surface area contributed by atoms with Crippen LogP contribution >= 0.6 is 0 Å². The van der Waals surface area contributed by atoms with Crippen LogP contribution in [0, 0.1) is 0 Å². The van der Waals surface area contributed by atoms with Gasteiger partial charge in [-0.05, 0) is 30.2 Å². The fourth-order valence-corrected chi connectivity index (χ4v) is 2.97. The highest BCUT2D eigenvalue weighted by Gasteiger charge is 2.44.